The highest BCUT2D eigenvalue weighted by atomic mass is 35.5. The van der Waals surface area contributed by atoms with Gasteiger partial charge in [-0.15, -0.1) is 24.5 Å². The second-order valence-electron chi connectivity index (χ2n) is 5.60. The number of benzene rings is 2. The molecule has 0 atom stereocenters. The van der Waals surface area contributed by atoms with Crippen molar-refractivity contribution in [3.8, 4) is 5.75 Å². The molecule has 0 aliphatic carbocycles. The van der Waals surface area contributed by atoms with E-state index in [9.17, 15) is 26.4 Å². The largest absolute Gasteiger partial charge is 0.573 e. The zero-order valence-corrected chi connectivity index (χ0v) is 16.6. The van der Waals surface area contributed by atoms with Crippen LogP contribution in [0.15, 0.2) is 69.8 Å². The highest BCUT2D eigenvalue weighted by Crippen LogP contribution is 2.29. The Morgan fingerprint density at radius 2 is 1.59 bits per heavy atom. The number of ether oxygens (including phenoxy) is 1. The molecule has 1 amide bonds. The van der Waals surface area contributed by atoms with E-state index < -0.39 is 27.9 Å². The third-order valence-electron chi connectivity index (χ3n) is 3.54. The second-order valence-corrected chi connectivity index (χ2v) is 9.30. The molecule has 11 heteroatoms. The third kappa shape index (κ3) is 5.28. The number of hydrogen-bond acceptors (Lipinski definition) is 5. The topological polar surface area (TPSA) is 72.5 Å². The number of halogens is 4. The SMILES string of the molecule is O=C(Nc1ccc(OC(F)(F)F)cc1)c1ccc(S(=O)(=O)c2ccc(Cl)cc2)s1. The normalized spacial score (nSPS) is 11.9. The minimum absolute atomic E-state index is 0.0288. The minimum atomic E-state index is -4.81. The molecule has 1 heterocycles. The molecule has 1 N–H and O–H groups in total. The fraction of sp³-hybridized carbons (Fsp3) is 0.0556. The first kappa shape index (κ1) is 21.2. The van der Waals surface area contributed by atoms with Crippen molar-refractivity contribution in [3.05, 3.63) is 70.6 Å². The lowest BCUT2D eigenvalue weighted by atomic mass is 10.3. The van der Waals surface area contributed by atoms with Gasteiger partial charge in [-0.3, -0.25) is 4.79 Å². The van der Waals surface area contributed by atoms with Crippen LogP contribution in [0.4, 0.5) is 18.9 Å². The monoisotopic (exact) mass is 461 g/mol. The van der Waals surface area contributed by atoms with Gasteiger partial charge in [-0.2, -0.15) is 0 Å². The van der Waals surface area contributed by atoms with Gasteiger partial charge in [0.1, 0.15) is 9.96 Å². The van der Waals surface area contributed by atoms with Crippen LogP contribution in [-0.2, 0) is 9.84 Å². The van der Waals surface area contributed by atoms with Crippen LogP contribution in [0, 0.1) is 0 Å². The molecule has 29 heavy (non-hydrogen) atoms. The van der Waals surface area contributed by atoms with Crippen molar-refractivity contribution >= 4 is 44.4 Å². The molecule has 0 unspecified atom stereocenters. The van der Waals surface area contributed by atoms with E-state index in [4.69, 9.17) is 11.6 Å². The Morgan fingerprint density at radius 1 is 0.966 bits per heavy atom. The molecule has 0 aliphatic rings. The highest BCUT2D eigenvalue weighted by Gasteiger charge is 2.31. The number of hydrogen-bond donors (Lipinski definition) is 1. The van der Waals surface area contributed by atoms with Crippen LogP contribution in [0.25, 0.3) is 0 Å². The van der Waals surface area contributed by atoms with Crippen molar-refractivity contribution in [3.63, 3.8) is 0 Å². The lowest BCUT2D eigenvalue weighted by Gasteiger charge is -2.09. The maximum Gasteiger partial charge on any atom is 0.573 e. The number of carbonyl (C=O) groups excluding carboxylic acids is 1. The Labute approximate surface area is 172 Å². The summed E-state index contributed by atoms with van der Waals surface area (Å²) in [4.78, 5) is 12.5. The predicted octanol–water partition coefficient (Wildman–Crippen LogP) is 5.39. The van der Waals surface area contributed by atoms with Crippen molar-refractivity contribution in [2.75, 3.05) is 5.32 Å². The number of alkyl halides is 3. The Bertz CT molecular complexity index is 1130. The summed E-state index contributed by atoms with van der Waals surface area (Å²) in [5.41, 5.74) is 0.222. The van der Waals surface area contributed by atoms with E-state index in [1.807, 2.05) is 0 Å². The fourth-order valence-corrected chi connectivity index (χ4v) is 4.98. The van der Waals surface area contributed by atoms with Gasteiger partial charge >= 0.3 is 6.36 Å². The molecule has 5 nitrogen and oxygen atoms in total. The lowest BCUT2D eigenvalue weighted by Crippen LogP contribution is -2.17. The summed E-state index contributed by atoms with van der Waals surface area (Å²) in [5.74, 6) is -1.03. The van der Waals surface area contributed by atoms with Crippen LogP contribution in [0.2, 0.25) is 5.02 Å². The average Bonchev–Trinajstić information content (AvgIpc) is 3.14. The van der Waals surface area contributed by atoms with Gasteiger partial charge in [0, 0.05) is 10.7 Å². The van der Waals surface area contributed by atoms with Crippen molar-refractivity contribution in [1.29, 1.82) is 0 Å². The van der Waals surface area contributed by atoms with Gasteiger partial charge in [0.05, 0.1) is 9.77 Å². The molecule has 2 aromatic carbocycles. The molecular weight excluding hydrogens is 451 g/mol. The fourth-order valence-electron chi connectivity index (χ4n) is 2.25. The molecule has 0 fully saturated rings. The maximum absolute atomic E-state index is 12.6. The first-order valence-electron chi connectivity index (χ1n) is 7.82. The standard InChI is InChI=1S/C18H11ClF3NO4S2/c19-11-1-7-14(8-2-11)29(25,26)16-10-9-15(28-16)17(24)23-12-3-5-13(6-4-12)27-18(20,21)22/h1-10H,(H,23,24). The van der Waals surface area contributed by atoms with Crippen molar-refractivity contribution in [1.82, 2.24) is 0 Å². The van der Waals surface area contributed by atoms with Crippen LogP contribution in [-0.4, -0.2) is 20.7 Å². The summed E-state index contributed by atoms with van der Waals surface area (Å²) < 4.78 is 65.5. The number of sulfone groups is 1. The van der Waals surface area contributed by atoms with Gasteiger partial charge in [-0.1, -0.05) is 11.6 Å². The number of thiophene rings is 1. The quantitative estimate of drug-likeness (QED) is 0.553. The molecule has 0 spiro atoms. The predicted molar refractivity (Wildman–Crippen MR) is 102 cm³/mol. The molecule has 0 aliphatic heterocycles. The van der Waals surface area contributed by atoms with E-state index in [0.717, 1.165) is 23.5 Å². The van der Waals surface area contributed by atoms with E-state index in [0.29, 0.717) is 5.02 Å². The summed E-state index contributed by atoms with van der Waals surface area (Å²) in [6.45, 7) is 0. The van der Waals surface area contributed by atoms with Gasteiger partial charge in [0.2, 0.25) is 9.84 Å². The molecule has 3 aromatic rings. The molecular formula is C18H11ClF3NO4S2. The minimum Gasteiger partial charge on any atom is -0.406 e. The van der Waals surface area contributed by atoms with Gasteiger partial charge < -0.3 is 10.1 Å². The first-order valence-corrected chi connectivity index (χ1v) is 10.5. The number of anilines is 1. The van der Waals surface area contributed by atoms with Crippen molar-refractivity contribution < 1.29 is 31.1 Å². The van der Waals surface area contributed by atoms with E-state index in [-0.39, 0.29) is 19.7 Å². The summed E-state index contributed by atoms with van der Waals surface area (Å²) in [6.07, 6.45) is -4.81. The molecule has 152 valence electrons. The van der Waals surface area contributed by atoms with E-state index in [1.54, 1.807) is 0 Å². The zero-order valence-electron chi connectivity index (χ0n) is 14.2. The van der Waals surface area contributed by atoms with Crippen LogP contribution < -0.4 is 10.1 Å². The molecule has 0 radical (unpaired) electrons. The van der Waals surface area contributed by atoms with Gasteiger partial charge in [-0.25, -0.2) is 8.42 Å². The number of amides is 1. The Kier molecular flexibility index (Phi) is 5.87. The first-order chi connectivity index (χ1) is 13.5. The third-order valence-corrected chi connectivity index (χ3v) is 7.14. The maximum atomic E-state index is 12.6. The van der Waals surface area contributed by atoms with Gasteiger partial charge in [-0.05, 0) is 60.7 Å². The second kappa shape index (κ2) is 8.05. The van der Waals surface area contributed by atoms with Gasteiger partial charge in [0.15, 0.2) is 0 Å². The molecule has 0 saturated heterocycles. The van der Waals surface area contributed by atoms with Crippen molar-refractivity contribution in [2.45, 2.75) is 15.5 Å². The van der Waals surface area contributed by atoms with Gasteiger partial charge in [0.25, 0.3) is 5.91 Å². The molecule has 0 bridgehead atoms. The summed E-state index contributed by atoms with van der Waals surface area (Å²) in [7, 11) is -3.81. The summed E-state index contributed by atoms with van der Waals surface area (Å²) in [6, 6.07) is 12.8. The average molecular weight is 462 g/mol. The van der Waals surface area contributed by atoms with Crippen LogP contribution in [0.1, 0.15) is 9.67 Å². The Balaban J connectivity index is 1.73. The molecule has 0 saturated carbocycles. The number of rotatable bonds is 5. The van der Waals surface area contributed by atoms with Crippen LogP contribution in [0.3, 0.4) is 0 Å². The summed E-state index contributed by atoms with van der Waals surface area (Å²) in [5, 5.41) is 2.87. The van der Waals surface area contributed by atoms with Crippen LogP contribution in [0.5, 0.6) is 5.75 Å². The smallest absolute Gasteiger partial charge is 0.406 e. The number of nitrogens with one attached hydrogen (secondary N) is 1. The Morgan fingerprint density at radius 3 is 2.17 bits per heavy atom. The number of carbonyl (C=O) groups is 1. The summed E-state index contributed by atoms with van der Waals surface area (Å²) >= 11 is 6.53. The lowest BCUT2D eigenvalue weighted by molar-refractivity contribution is -0.274. The van der Waals surface area contributed by atoms with E-state index in [2.05, 4.69) is 10.1 Å². The van der Waals surface area contributed by atoms with Crippen LogP contribution >= 0.6 is 22.9 Å². The van der Waals surface area contributed by atoms with Crippen molar-refractivity contribution in [2.24, 2.45) is 0 Å². The molecule has 3 rings (SSSR count). The highest BCUT2D eigenvalue weighted by molar-refractivity contribution is 7.93. The zero-order chi connectivity index (χ0) is 21.2. The van der Waals surface area contributed by atoms with E-state index >= 15 is 0 Å². The van der Waals surface area contributed by atoms with E-state index in [1.165, 1.54) is 48.5 Å². The Hall–Kier alpha value is -2.56. The molecule has 1 aromatic heterocycles.